The van der Waals surface area contributed by atoms with Gasteiger partial charge in [0.1, 0.15) is 49.4 Å². The number of hydrogen-bond donors (Lipinski definition) is 0. The normalized spacial score (nSPS) is 17.5. The van der Waals surface area contributed by atoms with Crippen molar-refractivity contribution in [3.8, 4) is 23.0 Å². The van der Waals surface area contributed by atoms with Crippen molar-refractivity contribution in [2.75, 3.05) is 79.3 Å². The zero-order valence-electron chi connectivity index (χ0n) is 22.6. The van der Waals surface area contributed by atoms with Gasteiger partial charge in [-0.1, -0.05) is 0 Å². The molecule has 0 radical (unpaired) electrons. The Balaban J connectivity index is 1.08. The molecule has 0 atom stereocenters. The summed E-state index contributed by atoms with van der Waals surface area (Å²) < 4.78 is 50.7. The summed E-state index contributed by atoms with van der Waals surface area (Å²) in [5, 5.41) is 9.34. The summed E-state index contributed by atoms with van der Waals surface area (Å²) in [7, 11) is 0. The second kappa shape index (κ2) is 14.5. The zero-order chi connectivity index (χ0) is 27.7. The molecule has 0 unspecified atom stereocenters. The number of fused-ring (bicyclic) bond motifs is 20. The minimum Gasteiger partial charge on any atom is -0.491 e. The van der Waals surface area contributed by atoms with Crippen LogP contribution in [-0.2, 0) is 18.9 Å². The molecule has 0 saturated heterocycles. The Labute approximate surface area is 250 Å². The van der Waals surface area contributed by atoms with Crippen molar-refractivity contribution < 1.29 is 37.9 Å². The van der Waals surface area contributed by atoms with Gasteiger partial charge < -0.3 is 37.9 Å². The maximum absolute atomic E-state index is 6.25. The average Bonchev–Trinajstić information content (AvgIpc) is 3.77. The van der Waals surface area contributed by atoms with Gasteiger partial charge in [-0.2, -0.15) is 0 Å². The van der Waals surface area contributed by atoms with Gasteiger partial charge in [0.05, 0.1) is 67.0 Å². The highest BCUT2D eigenvalue weighted by Gasteiger charge is 2.18. The fourth-order valence-corrected chi connectivity index (χ4v) is 7.27. The van der Waals surface area contributed by atoms with Gasteiger partial charge >= 0.3 is 0 Å². The summed E-state index contributed by atoms with van der Waals surface area (Å²) in [6.07, 6.45) is 0. The first-order chi connectivity index (χ1) is 20.4. The van der Waals surface area contributed by atoms with Crippen LogP contribution in [0.3, 0.4) is 0 Å². The highest BCUT2D eigenvalue weighted by molar-refractivity contribution is 7.19. The van der Waals surface area contributed by atoms with Crippen LogP contribution in [0.4, 0.5) is 0 Å². The molecule has 5 heterocycles. The molecule has 2 aliphatic heterocycles. The van der Waals surface area contributed by atoms with E-state index in [1.807, 2.05) is 17.5 Å². The van der Waals surface area contributed by atoms with Gasteiger partial charge in [-0.3, -0.25) is 0 Å². The van der Waals surface area contributed by atoms with Gasteiger partial charge in [0.2, 0.25) is 0 Å². The van der Waals surface area contributed by atoms with Crippen LogP contribution in [0.1, 0.15) is 0 Å². The molecule has 4 bridgehead atoms. The van der Waals surface area contributed by atoms with E-state index in [4.69, 9.17) is 37.9 Å². The molecule has 41 heavy (non-hydrogen) atoms. The Morgan fingerprint density at radius 2 is 0.756 bits per heavy atom. The summed E-state index contributed by atoms with van der Waals surface area (Å²) in [5.41, 5.74) is 0. The lowest BCUT2D eigenvalue weighted by Crippen LogP contribution is -2.14. The summed E-state index contributed by atoms with van der Waals surface area (Å²) in [6, 6.07) is 10.1. The predicted octanol–water partition coefficient (Wildman–Crippen LogP) is 6.63. The number of benzene rings is 2. The molecule has 0 aliphatic carbocycles. The quantitative estimate of drug-likeness (QED) is 0.180. The van der Waals surface area contributed by atoms with E-state index in [1.54, 1.807) is 34.0 Å². The van der Waals surface area contributed by atoms with Crippen molar-refractivity contribution in [1.29, 1.82) is 0 Å². The summed E-state index contributed by atoms with van der Waals surface area (Å²) in [6.45, 7) is 5.69. The monoisotopic (exact) mass is 616 g/mol. The number of ether oxygens (including phenoxy) is 8. The SMILES string of the molecule is c1cc2c3ccc(c2s1)OCCOCCOCCOc1c2ccsc2c(c2ccsc12)OCCOCCOCCO3. The molecule has 218 valence electrons. The van der Waals surface area contributed by atoms with Crippen LogP contribution in [0.5, 0.6) is 23.0 Å². The van der Waals surface area contributed by atoms with Gasteiger partial charge in [0.25, 0.3) is 0 Å². The van der Waals surface area contributed by atoms with Crippen molar-refractivity contribution in [3.63, 3.8) is 0 Å². The van der Waals surface area contributed by atoms with Crippen LogP contribution in [-0.4, -0.2) is 79.3 Å². The van der Waals surface area contributed by atoms with Crippen LogP contribution < -0.4 is 18.9 Å². The van der Waals surface area contributed by atoms with Crippen molar-refractivity contribution in [3.05, 3.63) is 46.5 Å². The lowest BCUT2D eigenvalue weighted by molar-refractivity contribution is 0.0273. The Morgan fingerprint density at radius 1 is 0.366 bits per heavy atom. The predicted molar refractivity (Wildman–Crippen MR) is 164 cm³/mol. The maximum Gasteiger partial charge on any atom is 0.146 e. The second-order valence-electron chi connectivity index (χ2n) is 9.05. The number of thiophene rings is 3. The van der Waals surface area contributed by atoms with E-state index in [-0.39, 0.29) is 0 Å². The topological polar surface area (TPSA) is 73.8 Å². The van der Waals surface area contributed by atoms with E-state index in [2.05, 4.69) is 29.0 Å². The third kappa shape index (κ3) is 6.89. The van der Waals surface area contributed by atoms with E-state index < -0.39 is 0 Å². The molecule has 8 nitrogen and oxygen atoms in total. The van der Waals surface area contributed by atoms with Gasteiger partial charge in [-0.15, -0.1) is 34.0 Å². The molecule has 2 aromatic carbocycles. The molecule has 0 spiro atoms. The van der Waals surface area contributed by atoms with E-state index in [9.17, 15) is 0 Å². The van der Waals surface area contributed by atoms with Crippen molar-refractivity contribution >= 4 is 64.3 Å². The molecule has 7 rings (SSSR count). The van der Waals surface area contributed by atoms with Crippen LogP contribution in [0, 0.1) is 0 Å². The molecule has 0 amide bonds. The van der Waals surface area contributed by atoms with Crippen molar-refractivity contribution in [2.24, 2.45) is 0 Å². The van der Waals surface area contributed by atoms with E-state index in [1.165, 1.54) is 0 Å². The van der Waals surface area contributed by atoms with E-state index >= 15 is 0 Å². The average molecular weight is 617 g/mol. The summed E-state index contributed by atoms with van der Waals surface area (Å²) >= 11 is 4.94. The van der Waals surface area contributed by atoms with Crippen molar-refractivity contribution in [2.45, 2.75) is 0 Å². The molecule has 2 aliphatic rings. The third-order valence-corrected chi connectivity index (χ3v) is 9.19. The minimum absolute atomic E-state index is 0.452. The summed E-state index contributed by atoms with van der Waals surface area (Å²) in [4.78, 5) is 0. The Bertz CT molecular complexity index is 1380. The Kier molecular flexibility index (Phi) is 10.1. The zero-order valence-corrected chi connectivity index (χ0v) is 25.0. The molecular weight excluding hydrogens is 585 g/mol. The smallest absolute Gasteiger partial charge is 0.146 e. The highest BCUT2D eigenvalue weighted by atomic mass is 32.1. The van der Waals surface area contributed by atoms with Crippen LogP contribution in [0.15, 0.2) is 46.5 Å². The third-order valence-electron chi connectivity index (χ3n) is 6.44. The molecular formula is C30H32O8S3. The highest BCUT2D eigenvalue weighted by Crippen LogP contribution is 2.47. The fourth-order valence-electron chi connectivity index (χ4n) is 4.58. The van der Waals surface area contributed by atoms with Gasteiger partial charge in [0.15, 0.2) is 0 Å². The first-order valence-corrected chi connectivity index (χ1v) is 16.3. The molecule has 0 N–H and O–H groups in total. The molecule has 11 heteroatoms. The number of hydrogen-bond acceptors (Lipinski definition) is 11. The van der Waals surface area contributed by atoms with E-state index in [0.717, 1.165) is 53.3 Å². The molecule has 3 aromatic heterocycles. The van der Waals surface area contributed by atoms with Gasteiger partial charge in [-0.25, -0.2) is 0 Å². The lowest BCUT2D eigenvalue weighted by Gasteiger charge is -2.14. The standard InChI is InChI=1S/C30H32O8S3/c1-2-25-28-21(3-18-39-28)24(1)35-14-10-31-6-8-33-12-16-37-26-22-4-19-41-30(22)27(23-5-20-40-29(23)26)38-17-13-34-9-7-32-11-15-36-25/h1-5,18-20H,6-17H2. The van der Waals surface area contributed by atoms with Gasteiger partial charge in [0, 0.05) is 16.2 Å². The minimum atomic E-state index is 0.452. The summed E-state index contributed by atoms with van der Waals surface area (Å²) in [5.74, 6) is 3.42. The Hall–Kier alpha value is -2.64. The van der Waals surface area contributed by atoms with Crippen LogP contribution in [0.25, 0.3) is 30.3 Å². The Morgan fingerprint density at radius 3 is 1.29 bits per heavy atom. The molecule has 0 fully saturated rings. The first-order valence-electron chi connectivity index (χ1n) is 13.6. The first kappa shape index (κ1) is 28.5. The van der Waals surface area contributed by atoms with Crippen molar-refractivity contribution in [1.82, 2.24) is 0 Å². The van der Waals surface area contributed by atoms with Crippen LogP contribution >= 0.6 is 34.0 Å². The maximum atomic E-state index is 6.25. The second-order valence-corrected chi connectivity index (χ2v) is 11.8. The van der Waals surface area contributed by atoms with Crippen LogP contribution in [0.2, 0.25) is 0 Å². The number of rotatable bonds is 0. The fraction of sp³-hybridized carbons (Fsp3) is 0.400. The largest absolute Gasteiger partial charge is 0.491 e. The van der Waals surface area contributed by atoms with Gasteiger partial charge in [-0.05, 0) is 46.5 Å². The van der Waals surface area contributed by atoms with E-state index in [0.29, 0.717) is 79.3 Å². The lowest BCUT2D eigenvalue weighted by atomic mass is 10.1. The molecule has 5 aromatic rings. The molecule has 0 saturated carbocycles.